The zero-order valence-corrected chi connectivity index (χ0v) is 20.6. The number of hydrogen-bond donors (Lipinski definition) is 1. The topological polar surface area (TPSA) is 104 Å². The van der Waals surface area contributed by atoms with E-state index in [1.165, 1.54) is 18.2 Å². The molecule has 4 heterocycles. The normalized spacial score (nSPS) is 15.4. The van der Waals surface area contributed by atoms with Crippen LogP contribution in [0, 0.1) is 31.5 Å². The highest BCUT2D eigenvalue weighted by molar-refractivity contribution is 6.03. The van der Waals surface area contributed by atoms with Crippen LogP contribution in [-0.2, 0) is 9.47 Å². The summed E-state index contributed by atoms with van der Waals surface area (Å²) in [6.45, 7) is 4.60. The number of hydrogen-bond acceptors (Lipinski definition) is 7. The van der Waals surface area contributed by atoms with E-state index in [-0.39, 0.29) is 17.6 Å². The van der Waals surface area contributed by atoms with Crippen LogP contribution in [0.25, 0.3) is 17.0 Å². The van der Waals surface area contributed by atoms with E-state index in [1.54, 1.807) is 36.8 Å². The molecule has 1 fully saturated rings. The quantitative estimate of drug-likeness (QED) is 0.301. The van der Waals surface area contributed by atoms with Gasteiger partial charge in [0.15, 0.2) is 12.2 Å². The van der Waals surface area contributed by atoms with E-state index in [1.807, 2.05) is 0 Å². The maximum absolute atomic E-state index is 14.7. The minimum atomic E-state index is -0.477. The number of carbonyl (C=O) groups excluding carboxylic acids is 1. The molecule has 190 valence electrons. The van der Waals surface area contributed by atoms with Gasteiger partial charge in [0.2, 0.25) is 11.5 Å². The Morgan fingerprint density at radius 1 is 1.27 bits per heavy atom. The summed E-state index contributed by atoms with van der Waals surface area (Å²) >= 11 is 0. The van der Waals surface area contributed by atoms with Crippen molar-refractivity contribution in [2.45, 2.75) is 45.8 Å². The van der Waals surface area contributed by atoms with Crippen molar-refractivity contribution in [2.24, 2.45) is 0 Å². The Balaban J connectivity index is 1.28. The van der Waals surface area contributed by atoms with Crippen molar-refractivity contribution in [3.05, 3.63) is 65.5 Å². The molecule has 37 heavy (non-hydrogen) atoms. The number of aromatic nitrogens is 4. The summed E-state index contributed by atoms with van der Waals surface area (Å²) in [5.41, 5.74) is 2.17. The van der Waals surface area contributed by atoms with Crippen molar-refractivity contribution in [1.82, 2.24) is 19.4 Å². The van der Waals surface area contributed by atoms with Gasteiger partial charge in [-0.3, -0.25) is 9.20 Å². The molecule has 1 atom stereocenters. The molecule has 3 aromatic heterocycles. The van der Waals surface area contributed by atoms with Crippen LogP contribution < -0.4 is 5.32 Å². The van der Waals surface area contributed by atoms with Crippen LogP contribution in [0.4, 0.5) is 10.1 Å². The molecule has 1 N–H and O–H groups in total. The van der Waals surface area contributed by atoms with Crippen LogP contribution >= 0.6 is 0 Å². The average molecular weight is 504 g/mol. The van der Waals surface area contributed by atoms with Gasteiger partial charge in [-0.15, -0.1) is 0 Å². The van der Waals surface area contributed by atoms with E-state index >= 15 is 0 Å². The number of nitrogens with zero attached hydrogens (tertiary/aromatic N) is 4. The summed E-state index contributed by atoms with van der Waals surface area (Å²) in [5, 5.41) is 2.72. The molecule has 5 rings (SSSR count). The van der Waals surface area contributed by atoms with Gasteiger partial charge in [-0.2, -0.15) is 0 Å². The number of nitrogens with one attached hydrogen (secondary N) is 1. The summed E-state index contributed by atoms with van der Waals surface area (Å²) in [4.78, 5) is 25.4. The van der Waals surface area contributed by atoms with E-state index < -0.39 is 11.7 Å². The zero-order chi connectivity index (χ0) is 25.8. The van der Waals surface area contributed by atoms with Gasteiger partial charge in [-0.25, -0.2) is 19.3 Å². The van der Waals surface area contributed by atoms with Crippen LogP contribution in [0.15, 0.2) is 41.2 Å². The lowest BCUT2D eigenvalue weighted by Crippen LogP contribution is -2.22. The highest BCUT2D eigenvalue weighted by Crippen LogP contribution is 2.26. The number of ether oxygens (including phenoxy) is 2. The van der Waals surface area contributed by atoms with Crippen LogP contribution in [0.1, 0.15) is 53.4 Å². The van der Waals surface area contributed by atoms with Crippen LogP contribution in [0.5, 0.6) is 0 Å². The lowest BCUT2D eigenvalue weighted by molar-refractivity contribution is -0.161. The molecule has 0 bridgehead atoms. The summed E-state index contributed by atoms with van der Waals surface area (Å²) < 4.78 is 33.0. The number of aryl methyl sites for hydroxylation is 2. The highest BCUT2D eigenvalue weighted by Gasteiger charge is 2.18. The minimum Gasteiger partial charge on any atom is -0.436 e. The third-order valence-electron chi connectivity index (χ3n) is 5.82. The molecule has 1 aliphatic rings. The third-order valence-corrected chi connectivity index (χ3v) is 5.82. The first-order valence-electron chi connectivity index (χ1n) is 12.1. The first-order valence-corrected chi connectivity index (χ1v) is 12.1. The van der Waals surface area contributed by atoms with Crippen LogP contribution in [-0.4, -0.2) is 44.8 Å². The Kier molecular flexibility index (Phi) is 7.25. The molecule has 1 saturated heterocycles. The monoisotopic (exact) mass is 503 g/mol. The van der Waals surface area contributed by atoms with Crippen molar-refractivity contribution in [3.8, 4) is 23.1 Å². The van der Waals surface area contributed by atoms with Gasteiger partial charge in [0, 0.05) is 49.8 Å². The fraction of sp³-hybridized carbons (Fsp3) is 0.333. The summed E-state index contributed by atoms with van der Waals surface area (Å²) in [5.74, 6) is 6.12. The van der Waals surface area contributed by atoms with Crippen LogP contribution in [0.3, 0.4) is 0 Å². The maximum Gasteiger partial charge on any atom is 0.293 e. The number of halogens is 1. The lowest BCUT2D eigenvalue weighted by Gasteiger charge is -2.22. The molecule has 1 aromatic carbocycles. The lowest BCUT2D eigenvalue weighted by atomic mass is 10.1. The smallest absolute Gasteiger partial charge is 0.293 e. The number of benzene rings is 1. The van der Waals surface area contributed by atoms with E-state index in [4.69, 9.17) is 13.9 Å². The molecule has 10 heteroatoms. The average Bonchev–Trinajstić information content (AvgIpc) is 3.47. The number of rotatable bonds is 6. The van der Waals surface area contributed by atoms with Gasteiger partial charge < -0.3 is 19.2 Å². The van der Waals surface area contributed by atoms with E-state index in [0.717, 1.165) is 25.9 Å². The Morgan fingerprint density at radius 3 is 2.95 bits per heavy atom. The molecular weight excluding hydrogens is 477 g/mol. The predicted molar refractivity (Wildman–Crippen MR) is 133 cm³/mol. The summed E-state index contributed by atoms with van der Waals surface area (Å²) in [6.07, 6.45) is 8.67. The van der Waals surface area contributed by atoms with Crippen molar-refractivity contribution in [3.63, 3.8) is 0 Å². The van der Waals surface area contributed by atoms with Gasteiger partial charge in [-0.05, 0) is 44.4 Å². The molecule has 1 aliphatic heterocycles. The Morgan fingerprint density at radius 2 is 2.16 bits per heavy atom. The fourth-order valence-corrected chi connectivity index (χ4v) is 4.06. The molecule has 1 amide bonds. The van der Waals surface area contributed by atoms with Gasteiger partial charge in [0.25, 0.3) is 5.91 Å². The maximum atomic E-state index is 14.7. The van der Waals surface area contributed by atoms with Crippen LogP contribution in [0.2, 0.25) is 0 Å². The van der Waals surface area contributed by atoms with Gasteiger partial charge in [-0.1, -0.05) is 11.8 Å². The van der Waals surface area contributed by atoms with Crippen molar-refractivity contribution in [1.29, 1.82) is 0 Å². The van der Waals surface area contributed by atoms with Gasteiger partial charge >= 0.3 is 0 Å². The highest BCUT2D eigenvalue weighted by atomic mass is 19.1. The molecular formula is C27H26FN5O4. The molecule has 1 unspecified atom stereocenters. The Labute approximate surface area is 213 Å². The molecule has 4 aromatic rings. The van der Waals surface area contributed by atoms with Crippen molar-refractivity contribution in [2.75, 3.05) is 18.5 Å². The minimum absolute atomic E-state index is 0.114. The standard InChI is InChI=1S/C27H26FN5O4/c1-17-25(37-18(2)30-17)26(34)31-20-9-10-22(28)21(13-20)23-16-33-15-19(14-29-27(33)32-23)7-3-5-11-35-24-8-4-6-12-36-24/h9-10,13-16,24H,4-6,8,11-12H2,1-2H3,(H,31,34). The number of fused-ring (bicyclic) bond motifs is 1. The summed E-state index contributed by atoms with van der Waals surface area (Å²) in [6, 6.07) is 4.27. The number of carbonyl (C=O) groups is 1. The van der Waals surface area contributed by atoms with Gasteiger partial charge in [0.05, 0.1) is 23.6 Å². The molecule has 9 nitrogen and oxygen atoms in total. The first kappa shape index (κ1) is 24.6. The zero-order valence-electron chi connectivity index (χ0n) is 20.6. The van der Waals surface area contributed by atoms with E-state index in [9.17, 15) is 9.18 Å². The van der Waals surface area contributed by atoms with E-state index in [0.29, 0.717) is 47.3 Å². The second-order valence-electron chi connectivity index (χ2n) is 8.69. The fourth-order valence-electron chi connectivity index (χ4n) is 4.06. The molecule has 0 saturated carbocycles. The third kappa shape index (κ3) is 5.85. The van der Waals surface area contributed by atoms with E-state index in [2.05, 4.69) is 32.1 Å². The predicted octanol–water partition coefficient (Wildman–Crippen LogP) is 4.68. The number of anilines is 1. The van der Waals surface area contributed by atoms with Crippen molar-refractivity contribution >= 4 is 17.4 Å². The molecule has 0 aliphatic carbocycles. The second kappa shape index (κ2) is 10.9. The molecule has 0 radical (unpaired) electrons. The largest absolute Gasteiger partial charge is 0.436 e. The van der Waals surface area contributed by atoms with Gasteiger partial charge in [0.1, 0.15) is 5.82 Å². The van der Waals surface area contributed by atoms with Crippen molar-refractivity contribution < 1.29 is 23.1 Å². The number of amides is 1. The molecule has 0 spiro atoms. The number of imidazole rings is 1. The SMILES string of the molecule is Cc1nc(C)c(C(=O)Nc2ccc(F)c(-c3cn4cc(C#CCCOC5CCCCO5)cnc4n3)c2)o1. The summed E-state index contributed by atoms with van der Waals surface area (Å²) in [7, 11) is 0. The Hall–Kier alpha value is -4.07. The Bertz CT molecular complexity index is 1490. The first-order chi connectivity index (χ1) is 18.0. The second-order valence-corrected chi connectivity index (χ2v) is 8.69. The number of oxazole rings is 1.